The molecule has 0 aliphatic heterocycles. The van der Waals surface area contributed by atoms with Gasteiger partial charge in [0.1, 0.15) is 5.56 Å². The first-order valence-electron chi connectivity index (χ1n) is 9.48. The lowest BCUT2D eigenvalue weighted by Gasteiger charge is -2.25. The number of carbonyl (C=O) groups is 1. The zero-order valence-electron chi connectivity index (χ0n) is 15.3. The van der Waals surface area contributed by atoms with E-state index in [0.717, 1.165) is 29.7 Å². The van der Waals surface area contributed by atoms with E-state index >= 15 is 0 Å². The zero-order chi connectivity index (χ0) is 18.8. The highest BCUT2D eigenvalue weighted by atomic mass is 127. The number of aromatic nitrogens is 3. The van der Waals surface area contributed by atoms with Crippen molar-refractivity contribution >= 4 is 34.2 Å². The first-order chi connectivity index (χ1) is 13.2. The third kappa shape index (κ3) is 3.59. The summed E-state index contributed by atoms with van der Waals surface area (Å²) >= 11 is 2.32. The monoisotopic (exact) mass is 475 g/mol. The smallest absolute Gasteiger partial charge is 0.343 e. The van der Waals surface area contributed by atoms with Crippen LogP contribution in [0.3, 0.4) is 0 Å². The molecule has 0 radical (unpaired) electrons. The van der Waals surface area contributed by atoms with Crippen LogP contribution in [-0.4, -0.2) is 27.2 Å². The highest BCUT2D eigenvalue weighted by Gasteiger charge is 2.25. The van der Waals surface area contributed by atoms with Crippen LogP contribution in [-0.2, 0) is 4.74 Å². The van der Waals surface area contributed by atoms with E-state index in [1.807, 2.05) is 10.7 Å². The maximum atomic E-state index is 12.3. The molecule has 27 heavy (non-hydrogen) atoms. The zero-order valence-corrected chi connectivity index (χ0v) is 17.5. The summed E-state index contributed by atoms with van der Waals surface area (Å²) in [6.45, 7) is 2.14. The quantitative estimate of drug-likeness (QED) is 0.383. The van der Waals surface area contributed by atoms with Crippen LogP contribution < -0.4 is 0 Å². The molecule has 1 saturated carbocycles. The fourth-order valence-electron chi connectivity index (χ4n) is 3.92. The van der Waals surface area contributed by atoms with Gasteiger partial charge >= 0.3 is 5.97 Å². The Labute approximate surface area is 172 Å². The molecule has 5 nitrogen and oxygen atoms in total. The van der Waals surface area contributed by atoms with Crippen LogP contribution in [0.15, 0.2) is 36.7 Å². The number of halogens is 1. The third-order valence-electron chi connectivity index (χ3n) is 5.21. The number of hydrogen-bond acceptors (Lipinski definition) is 4. The lowest BCUT2D eigenvalue weighted by molar-refractivity contribution is 0.0528. The fourth-order valence-corrected chi connectivity index (χ4v) is 4.28. The van der Waals surface area contributed by atoms with E-state index in [1.165, 1.54) is 22.8 Å². The van der Waals surface area contributed by atoms with E-state index < -0.39 is 0 Å². The molecule has 0 unspecified atom stereocenters. The van der Waals surface area contributed by atoms with Crippen LogP contribution in [0, 0.1) is 3.57 Å². The highest BCUT2D eigenvalue weighted by molar-refractivity contribution is 14.1. The molecule has 1 aromatic carbocycles. The molecular formula is C21H22IN3O2. The molecule has 6 heteroatoms. The number of fused-ring (bicyclic) bond motifs is 1. The van der Waals surface area contributed by atoms with Gasteiger partial charge in [-0.1, -0.05) is 31.4 Å². The maximum absolute atomic E-state index is 12.3. The van der Waals surface area contributed by atoms with Crippen molar-refractivity contribution in [3.8, 4) is 11.1 Å². The van der Waals surface area contributed by atoms with E-state index in [4.69, 9.17) is 4.74 Å². The molecule has 0 saturated heterocycles. The number of hydrogen-bond donors (Lipinski definition) is 0. The first-order valence-corrected chi connectivity index (χ1v) is 10.6. The topological polar surface area (TPSA) is 56.5 Å². The van der Waals surface area contributed by atoms with Gasteiger partial charge in [-0.2, -0.15) is 5.10 Å². The highest BCUT2D eigenvalue weighted by Crippen LogP contribution is 2.38. The van der Waals surface area contributed by atoms with Crippen molar-refractivity contribution in [1.29, 1.82) is 0 Å². The molecule has 0 spiro atoms. The van der Waals surface area contributed by atoms with Crippen molar-refractivity contribution in [3.63, 3.8) is 0 Å². The van der Waals surface area contributed by atoms with Gasteiger partial charge in [0.05, 0.1) is 18.5 Å². The maximum Gasteiger partial charge on any atom is 0.343 e. The van der Waals surface area contributed by atoms with E-state index in [1.54, 1.807) is 13.1 Å². The molecule has 1 aliphatic carbocycles. The normalized spacial score (nSPS) is 15.2. The molecule has 1 fully saturated rings. The number of carbonyl (C=O) groups excluding carboxylic acids is 1. The Kier molecular flexibility index (Phi) is 5.43. The van der Waals surface area contributed by atoms with Crippen LogP contribution in [0.2, 0.25) is 0 Å². The van der Waals surface area contributed by atoms with E-state index in [-0.39, 0.29) is 5.97 Å². The van der Waals surface area contributed by atoms with Crippen molar-refractivity contribution in [2.24, 2.45) is 0 Å². The van der Waals surface area contributed by atoms with E-state index in [0.29, 0.717) is 23.7 Å². The summed E-state index contributed by atoms with van der Waals surface area (Å²) < 4.78 is 8.25. The average molecular weight is 475 g/mol. The number of ether oxygens (including phenoxy) is 1. The average Bonchev–Trinajstić information content (AvgIpc) is 3.13. The van der Waals surface area contributed by atoms with Gasteiger partial charge in [-0.3, -0.25) is 0 Å². The summed E-state index contributed by atoms with van der Waals surface area (Å²) in [6.07, 6.45) is 9.52. The Balaban J connectivity index is 1.89. The van der Waals surface area contributed by atoms with Gasteiger partial charge < -0.3 is 4.74 Å². The number of benzene rings is 1. The Morgan fingerprint density at radius 1 is 1.19 bits per heavy atom. The van der Waals surface area contributed by atoms with Crippen molar-refractivity contribution < 1.29 is 9.53 Å². The summed E-state index contributed by atoms with van der Waals surface area (Å²) in [5.74, 6) is 0.0603. The lowest BCUT2D eigenvalue weighted by atomic mass is 9.84. The summed E-state index contributed by atoms with van der Waals surface area (Å²) in [4.78, 5) is 16.9. The Morgan fingerprint density at radius 3 is 2.63 bits per heavy atom. The van der Waals surface area contributed by atoms with Gasteiger partial charge in [0, 0.05) is 21.2 Å². The molecule has 2 aromatic heterocycles. The van der Waals surface area contributed by atoms with Crippen LogP contribution in [0.25, 0.3) is 16.8 Å². The second kappa shape index (κ2) is 7.96. The second-order valence-electron chi connectivity index (χ2n) is 6.91. The molecule has 4 rings (SSSR count). The van der Waals surface area contributed by atoms with Gasteiger partial charge in [0.25, 0.3) is 0 Å². The first kappa shape index (κ1) is 18.4. The van der Waals surface area contributed by atoms with Crippen LogP contribution in [0.5, 0.6) is 0 Å². The largest absolute Gasteiger partial charge is 0.462 e. The van der Waals surface area contributed by atoms with Crippen LogP contribution in [0.1, 0.15) is 61.0 Å². The van der Waals surface area contributed by atoms with Crippen molar-refractivity contribution in [3.05, 3.63) is 51.5 Å². The number of rotatable bonds is 4. The standard InChI is InChI=1S/C21H22IN3O2/c1-2-27-21(26)18-13-24-25-19(15-6-4-3-5-7-15)17(12-23-20(18)25)14-8-10-16(22)11-9-14/h8-13,15H,2-7H2,1H3. The summed E-state index contributed by atoms with van der Waals surface area (Å²) in [7, 11) is 0. The van der Waals surface area contributed by atoms with E-state index in [9.17, 15) is 4.79 Å². The van der Waals surface area contributed by atoms with E-state index in [2.05, 4.69) is 56.9 Å². The SMILES string of the molecule is CCOC(=O)c1cnn2c(C3CCCCC3)c(-c3ccc(I)cc3)cnc12. The minimum absolute atomic E-state index is 0.340. The van der Waals surface area contributed by atoms with Crippen molar-refractivity contribution in [1.82, 2.24) is 14.6 Å². The Morgan fingerprint density at radius 2 is 1.93 bits per heavy atom. The minimum atomic E-state index is -0.364. The molecule has 0 atom stereocenters. The summed E-state index contributed by atoms with van der Waals surface area (Å²) in [5, 5.41) is 4.55. The predicted molar refractivity (Wildman–Crippen MR) is 113 cm³/mol. The summed E-state index contributed by atoms with van der Waals surface area (Å²) in [5.41, 5.74) is 4.42. The Bertz CT molecular complexity index is 959. The molecular weight excluding hydrogens is 453 g/mol. The Hall–Kier alpha value is -1.96. The van der Waals surface area contributed by atoms with Gasteiger partial charge in [-0.25, -0.2) is 14.3 Å². The summed E-state index contributed by atoms with van der Waals surface area (Å²) in [6, 6.07) is 8.48. The number of esters is 1. The third-order valence-corrected chi connectivity index (χ3v) is 5.93. The molecule has 0 amide bonds. The van der Waals surface area contributed by atoms with Crippen molar-refractivity contribution in [2.45, 2.75) is 44.9 Å². The molecule has 3 aromatic rings. The van der Waals surface area contributed by atoms with Crippen LogP contribution >= 0.6 is 22.6 Å². The van der Waals surface area contributed by atoms with Gasteiger partial charge in [-0.15, -0.1) is 0 Å². The lowest BCUT2D eigenvalue weighted by Crippen LogP contribution is -2.13. The number of nitrogens with zero attached hydrogens (tertiary/aromatic N) is 3. The van der Waals surface area contributed by atoms with Gasteiger partial charge in [0.2, 0.25) is 0 Å². The van der Waals surface area contributed by atoms with Gasteiger partial charge in [0.15, 0.2) is 5.65 Å². The minimum Gasteiger partial charge on any atom is -0.462 e. The fraction of sp³-hybridized carbons (Fsp3) is 0.381. The second-order valence-corrected chi connectivity index (χ2v) is 8.16. The molecule has 1 aliphatic rings. The van der Waals surface area contributed by atoms with Gasteiger partial charge in [-0.05, 0) is 60.1 Å². The van der Waals surface area contributed by atoms with Crippen molar-refractivity contribution in [2.75, 3.05) is 6.61 Å². The molecule has 0 N–H and O–H groups in total. The predicted octanol–water partition coefficient (Wildman–Crippen LogP) is 5.23. The molecule has 0 bridgehead atoms. The molecule has 140 valence electrons. The molecule has 2 heterocycles. The van der Waals surface area contributed by atoms with Crippen LogP contribution in [0.4, 0.5) is 0 Å².